The Bertz CT molecular complexity index is 5230. The topological polar surface area (TPSA) is 424 Å². The summed E-state index contributed by atoms with van der Waals surface area (Å²) in [5, 5.41) is 55.6. The van der Waals surface area contributed by atoms with Gasteiger partial charge in [-0.1, -0.05) is 180 Å². The minimum atomic E-state index is -1.75. The summed E-state index contributed by atoms with van der Waals surface area (Å²) in [7, 11) is 3.67. The lowest BCUT2D eigenvalue weighted by Gasteiger charge is -2.58. The Morgan fingerprint density at radius 1 is 0.683 bits per heavy atom. The maximum Gasteiger partial charge on any atom is 0.407 e. The number of alkyl carbamates (subject to hydrolysis) is 1. The Labute approximate surface area is 825 Å². The minimum Gasteiger partial charge on any atom is -0.508 e. The van der Waals surface area contributed by atoms with E-state index >= 15 is 38.4 Å². The van der Waals surface area contributed by atoms with Gasteiger partial charge in [0.15, 0.2) is 18.2 Å². The largest absolute Gasteiger partial charge is 0.508 e. The third-order valence-electron chi connectivity index (χ3n) is 30.4. The maximum atomic E-state index is 16.0. The van der Waals surface area contributed by atoms with Gasteiger partial charge in [-0.25, -0.2) is 9.36 Å². The number of amides is 11. The second kappa shape index (κ2) is 47.8. The maximum absolute atomic E-state index is 16.0. The van der Waals surface area contributed by atoms with E-state index in [1.165, 1.54) is 74.5 Å². The third-order valence-corrected chi connectivity index (χ3v) is 32.8. The van der Waals surface area contributed by atoms with Gasteiger partial charge in [0.2, 0.25) is 53.2 Å². The summed E-state index contributed by atoms with van der Waals surface area (Å²) < 4.78 is 13.4. The summed E-state index contributed by atoms with van der Waals surface area (Å²) in [5.41, 5.74) is 2.97. The number of hydrogen-bond acceptors (Lipinski definition) is 21. The van der Waals surface area contributed by atoms with Crippen LogP contribution in [0.25, 0.3) is 10.8 Å². The van der Waals surface area contributed by atoms with Crippen LogP contribution in [0.5, 0.6) is 5.75 Å². The van der Waals surface area contributed by atoms with Crippen molar-refractivity contribution >= 4 is 109 Å². The van der Waals surface area contributed by atoms with Crippen molar-refractivity contribution in [1.82, 2.24) is 68.3 Å². The van der Waals surface area contributed by atoms with Crippen LogP contribution in [-0.2, 0) is 82.1 Å². The number of aryl methyl sites for hydroxylation is 1. The Hall–Kier alpha value is -10.6. The van der Waals surface area contributed by atoms with Gasteiger partial charge in [-0.05, 0) is 228 Å². The predicted molar refractivity (Wildman–Crippen MR) is 533 cm³/mol. The monoisotopic (exact) mass is 1950 g/mol. The number of rotatable bonds is 30. The molecule has 13 N–H and O–H groups in total. The van der Waals surface area contributed by atoms with Gasteiger partial charge in [-0.15, -0.1) is 0 Å². The van der Waals surface area contributed by atoms with Crippen LogP contribution in [0.1, 0.15) is 220 Å². The molecule has 754 valence electrons. The molecule has 4 aromatic rings. The van der Waals surface area contributed by atoms with E-state index in [2.05, 4.69) is 99.2 Å². The molecule has 3 aromatic carbocycles. The number of hydrogen-bond donors (Lipinski definition) is 13. The van der Waals surface area contributed by atoms with Crippen LogP contribution in [-0.4, -0.2) is 225 Å². The molecule has 13 rings (SSSR count). The highest BCUT2D eigenvalue weighted by Crippen LogP contribution is 2.67. The number of phenols is 1. The zero-order chi connectivity index (χ0) is 99.7. The number of aromatic nitrogens is 1. The Morgan fingerprint density at radius 3 is 2.14 bits per heavy atom. The van der Waals surface area contributed by atoms with Crippen molar-refractivity contribution in [2.75, 3.05) is 44.2 Å². The fourth-order valence-corrected chi connectivity index (χ4v) is 25.2. The zero-order valence-electron chi connectivity index (χ0n) is 82.7. The van der Waals surface area contributed by atoms with Crippen molar-refractivity contribution < 1.29 is 86.6 Å². The van der Waals surface area contributed by atoms with Crippen LogP contribution >= 0.6 is 21.6 Å². The highest BCUT2D eigenvalue weighted by Gasteiger charge is 2.60. The highest BCUT2D eigenvalue weighted by atomic mass is 33.1. The molecule has 0 radical (unpaired) electrons. The number of ketones is 1. The lowest BCUT2D eigenvalue weighted by atomic mass is 9.47. The normalized spacial score (nSPS) is 28.4. The molecule has 9 aliphatic rings. The molecule has 1 aromatic heterocycles. The van der Waals surface area contributed by atoms with Gasteiger partial charge in [0, 0.05) is 62.4 Å². The standard InChI is InChI=1S/C106H146N14O17S2/c1-62(2)23-19-24-64(5)77-41-42-78-76-40-37-72-55-74(43-45-105(72,10)79(76)44-46-106(77,78)11)136-90(124)58-110-99(131)92(65(6)121)117-97(129)86-61-139-138-60-85(114-95(127)84(53-67-33-36-68-25-13-14-26-69(68)51-67)113-98(130)87-31-21-49-119(87)102(134)88-32-22-50-120(88)101(133)70-27-20-48-118(12)59-70)96(128)112-83(52-66-34-38-73(122)39-35-66)94(126)111-82(54-71-56-108-80-29-16-15-28-75(71)80)89(123)57-109-81(93(125)116-91(63(3)4)100(132)115-86)30-17-18-47-107-103(135)137-104(7,8)9/h13-16,20,25-29,33-39,48,51,56,59,62-65,74-88,91-92,108-109,121H,17-19,21-24,30-32,40-47,49-50,52-55,57-58,60-61H2,1-12H3,(H9-,107,110,111,112,113,114,115,116,117,122,125,126,127,128,129,130,131,132,135)/p+1. The quantitative estimate of drug-likeness (QED) is 0.00759. The van der Waals surface area contributed by atoms with Crippen LogP contribution in [0, 0.1) is 58.2 Å². The number of allylic oxidation sites excluding steroid dienone is 3. The molecular formula is C106H147N14O17S2+. The lowest BCUT2D eigenvalue weighted by molar-refractivity contribution is -0.671. The molecule has 33 heteroatoms. The van der Waals surface area contributed by atoms with E-state index in [0.29, 0.717) is 96.8 Å². The fraction of sp³-hybridized carbons (Fsp3) is 0.604. The van der Waals surface area contributed by atoms with Crippen molar-refractivity contribution in [3.8, 4) is 5.75 Å². The van der Waals surface area contributed by atoms with E-state index in [9.17, 15) is 34.2 Å². The van der Waals surface area contributed by atoms with Gasteiger partial charge in [-0.3, -0.25) is 62.9 Å². The number of aromatic hydroxyl groups is 1. The first-order chi connectivity index (χ1) is 66.3. The number of ether oxygens (including phenoxy) is 2. The number of pyridine rings is 1. The van der Waals surface area contributed by atoms with E-state index in [-0.39, 0.29) is 92.2 Å². The van der Waals surface area contributed by atoms with E-state index in [4.69, 9.17) is 9.47 Å². The van der Waals surface area contributed by atoms with Crippen LogP contribution < -0.4 is 63.1 Å². The first-order valence-corrected chi connectivity index (χ1v) is 52.9. The van der Waals surface area contributed by atoms with E-state index in [0.717, 1.165) is 56.7 Å². The summed E-state index contributed by atoms with van der Waals surface area (Å²) >= 11 is 0. The first-order valence-electron chi connectivity index (χ1n) is 50.4. The number of esters is 1. The summed E-state index contributed by atoms with van der Waals surface area (Å²) in [6.45, 7) is 21.4. The van der Waals surface area contributed by atoms with E-state index in [1.54, 1.807) is 100 Å². The second-order valence-electron chi connectivity index (χ2n) is 42.3. The van der Waals surface area contributed by atoms with Gasteiger partial charge < -0.3 is 82.7 Å². The highest BCUT2D eigenvalue weighted by molar-refractivity contribution is 8.76. The van der Waals surface area contributed by atoms with Gasteiger partial charge in [-0.2, -0.15) is 0 Å². The number of unbranched alkanes of at least 4 members (excludes halogenated alkanes) is 1. The number of carbonyl (C=O) groups excluding carboxylic acids is 13. The second-order valence-corrected chi connectivity index (χ2v) is 44.8. The Balaban J connectivity index is 0.779. The molecule has 3 saturated carbocycles. The van der Waals surface area contributed by atoms with Crippen LogP contribution in [0.15, 0.2) is 139 Å². The molecule has 139 heavy (non-hydrogen) atoms. The number of aliphatic hydroxyl groups is 1. The molecule has 0 bridgehead atoms. The van der Waals surface area contributed by atoms with E-state index in [1.807, 2.05) is 60.7 Å². The first kappa shape index (κ1) is 106. The predicted octanol–water partition coefficient (Wildman–Crippen LogP) is 9.56. The molecular weight excluding hydrogens is 1810 g/mol. The molecule has 31 nitrogen and oxygen atoms in total. The van der Waals surface area contributed by atoms with Crippen molar-refractivity contribution in [1.29, 1.82) is 0 Å². The SMILES string of the molecule is CC(C)CCCC(C)C1CCC2C3CC=C4CC(OC(=O)CNC(=O)C(NC(=O)C5CSSCC(NC(=O)C(Cc6ccc7ccccc7c6)NC(=O)C6CCCN6C(=O)C6CCCN6C(=O)c6ccc[n+](C)c6)C(=O)NC(Cc6ccc(O)cc6)C(=O)NC(CC6=CNC7C=CC=CC67)C(=O)CNC(CCCCNC(=O)OC(C)(C)C)C(=O)NC(C(C)C)C(=O)N5)C(C)O)CCC4(C)C3CCC12C. The number of likely N-dealkylation sites (tertiary alicyclic amines) is 2. The van der Waals surface area contributed by atoms with Gasteiger partial charge in [0.05, 0.1) is 30.8 Å². The Kier molecular flexibility index (Phi) is 36.3. The fourth-order valence-electron chi connectivity index (χ4n) is 22.9. The average Bonchev–Trinajstić information content (AvgIpc) is 1.64. The van der Waals surface area contributed by atoms with Crippen LogP contribution in [0.4, 0.5) is 4.79 Å². The van der Waals surface area contributed by atoms with Crippen molar-refractivity contribution in [3.05, 3.63) is 156 Å². The molecule has 5 aliphatic carbocycles. The summed E-state index contributed by atoms with van der Waals surface area (Å²) in [4.78, 5) is 198. The molecule has 3 saturated heterocycles. The van der Waals surface area contributed by atoms with E-state index < -0.39 is 168 Å². The molecule has 21 atom stereocenters. The summed E-state index contributed by atoms with van der Waals surface area (Å²) in [5.74, 6) is -6.91. The number of nitrogens with one attached hydrogen (secondary N) is 11. The van der Waals surface area contributed by atoms with Gasteiger partial charge in [0.25, 0.3) is 5.91 Å². The van der Waals surface area contributed by atoms with Gasteiger partial charge >= 0.3 is 12.1 Å². The molecule has 4 aliphatic heterocycles. The van der Waals surface area contributed by atoms with Crippen LogP contribution in [0.3, 0.4) is 0 Å². The molecule has 0 spiro atoms. The summed E-state index contributed by atoms with van der Waals surface area (Å²) in [6, 6.07) is 8.15. The molecule has 21 unspecified atom stereocenters. The average molecular weight is 1950 g/mol. The number of benzene rings is 3. The number of nitrogens with zero attached hydrogens (tertiary/aromatic N) is 3. The number of aliphatic hydroxyl groups excluding tert-OH is 1. The minimum absolute atomic E-state index is 0.0275. The van der Waals surface area contributed by atoms with Crippen molar-refractivity contribution in [2.45, 2.75) is 295 Å². The van der Waals surface area contributed by atoms with Crippen molar-refractivity contribution in [3.63, 3.8) is 0 Å². The molecule has 11 amide bonds. The number of fused-ring (bicyclic) bond motifs is 7. The number of phenolic OH excluding ortho intramolecular Hbond substituents is 1. The molecule has 5 heterocycles. The Morgan fingerprint density at radius 2 is 1.40 bits per heavy atom. The zero-order valence-corrected chi connectivity index (χ0v) is 84.4. The molecule has 6 fully saturated rings. The van der Waals surface area contributed by atoms with Crippen LogP contribution in [0.2, 0.25) is 0 Å². The number of carbonyl (C=O) groups is 13. The summed E-state index contributed by atoms with van der Waals surface area (Å²) in [6.07, 6.45) is 26.1. The smallest absolute Gasteiger partial charge is 0.407 e. The third kappa shape index (κ3) is 27.2. The van der Waals surface area contributed by atoms with Gasteiger partial charge in [0.1, 0.15) is 84.9 Å². The number of Topliss-reactive ketones (excluding diaryl/α,β-unsaturated/α-hetero) is 1. The lowest BCUT2D eigenvalue weighted by Crippen LogP contribution is -2.61. The van der Waals surface area contributed by atoms with Crippen molar-refractivity contribution in [2.24, 2.45) is 65.2 Å².